The van der Waals surface area contributed by atoms with Crippen molar-refractivity contribution in [1.29, 1.82) is 0 Å². The second kappa shape index (κ2) is 6.67. The highest BCUT2D eigenvalue weighted by Crippen LogP contribution is 2.20. The average Bonchev–Trinajstić information content (AvgIpc) is 2.50. The molecular weight excluding hydrogens is 345 g/mol. The zero-order valence-corrected chi connectivity index (χ0v) is 13.0. The topological polar surface area (TPSA) is 124 Å². The van der Waals surface area contributed by atoms with Crippen LogP contribution in [0.2, 0.25) is 5.02 Å². The van der Waals surface area contributed by atoms with Gasteiger partial charge in [-0.25, -0.2) is 14.0 Å². The number of nitrogen functional groups attached to an aromatic ring is 1. The Morgan fingerprint density at radius 1 is 1.33 bits per heavy atom. The van der Waals surface area contributed by atoms with Gasteiger partial charge in [-0.1, -0.05) is 17.7 Å². The van der Waals surface area contributed by atoms with Crippen molar-refractivity contribution in [2.45, 2.75) is 0 Å². The molecule has 1 aromatic carbocycles. The molecule has 0 fully saturated rings. The molecule has 0 atom stereocenters. The fraction of sp³-hybridized carbons (Fsp3) is 0.143. The van der Waals surface area contributed by atoms with E-state index in [0.29, 0.717) is 0 Å². The number of ether oxygens (including phenoxy) is 1. The monoisotopic (exact) mass is 355 g/mol. The molecule has 1 aromatic heterocycles. The Balaban J connectivity index is 2.24. The van der Waals surface area contributed by atoms with E-state index in [1.54, 1.807) is 0 Å². The molecule has 0 unspecified atom stereocenters. The number of esters is 1. The molecule has 126 valence electrons. The number of carbonyl (C=O) groups excluding carboxylic acids is 2. The molecule has 2 aromatic rings. The summed E-state index contributed by atoms with van der Waals surface area (Å²) in [5.41, 5.74) is 2.67. The van der Waals surface area contributed by atoms with E-state index < -0.39 is 46.6 Å². The summed E-state index contributed by atoms with van der Waals surface area (Å²) in [4.78, 5) is 48.8. The summed E-state index contributed by atoms with van der Waals surface area (Å²) in [7, 11) is 1.25. The highest BCUT2D eigenvalue weighted by atomic mass is 35.5. The Kier molecular flexibility index (Phi) is 4.84. The van der Waals surface area contributed by atoms with Crippen LogP contribution in [0.5, 0.6) is 0 Å². The molecular formula is C14H11ClFN3O5. The van der Waals surface area contributed by atoms with Crippen molar-refractivity contribution in [3.63, 3.8) is 0 Å². The van der Waals surface area contributed by atoms with Crippen LogP contribution < -0.4 is 17.0 Å². The molecule has 0 aliphatic rings. The van der Waals surface area contributed by atoms with Crippen LogP contribution in [0.4, 0.5) is 10.2 Å². The van der Waals surface area contributed by atoms with Crippen molar-refractivity contribution in [3.8, 4) is 0 Å². The number of hydrogen-bond acceptors (Lipinski definition) is 6. The van der Waals surface area contributed by atoms with Gasteiger partial charge in [0, 0.05) is 7.05 Å². The molecule has 1 heterocycles. The third-order valence-electron chi connectivity index (χ3n) is 3.15. The second-order valence-corrected chi connectivity index (χ2v) is 5.08. The Labute approximate surface area is 138 Å². The van der Waals surface area contributed by atoms with Crippen LogP contribution in [-0.2, 0) is 11.8 Å². The third kappa shape index (κ3) is 3.20. The lowest BCUT2D eigenvalue weighted by Crippen LogP contribution is -2.35. The molecule has 0 amide bonds. The minimum absolute atomic E-state index is 0.188. The van der Waals surface area contributed by atoms with Gasteiger partial charge in [-0.05, 0) is 12.1 Å². The molecule has 10 heteroatoms. The molecule has 0 saturated heterocycles. The number of halogens is 2. The van der Waals surface area contributed by atoms with E-state index in [2.05, 4.69) is 4.74 Å². The second-order valence-electron chi connectivity index (χ2n) is 4.67. The Hall–Kier alpha value is -2.94. The number of rotatable bonds is 4. The molecule has 0 aliphatic heterocycles. The van der Waals surface area contributed by atoms with Gasteiger partial charge >= 0.3 is 11.7 Å². The van der Waals surface area contributed by atoms with Crippen LogP contribution in [0, 0.1) is 5.82 Å². The summed E-state index contributed by atoms with van der Waals surface area (Å²) in [5, 5.41) is -0.188. The lowest BCUT2D eigenvalue weighted by atomic mass is 10.2. The molecule has 0 spiro atoms. The fourth-order valence-corrected chi connectivity index (χ4v) is 2.11. The van der Waals surface area contributed by atoms with Crippen LogP contribution in [0.15, 0.2) is 27.8 Å². The summed E-state index contributed by atoms with van der Waals surface area (Å²) >= 11 is 5.71. The fourth-order valence-electron chi connectivity index (χ4n) is 1.87. The molecule has 24 heavy (non-hydrogen) atoms. The minimum Gasteiger partial charge on any atom is -0.454 e. The molecule has 8 nitrogen and oxygen atoms in total. The maximum absolute atomic E-state index is 13.6. The van der Waals surface area contributed by atoms with E-state index in [1.807, 2.05) is 4.98 Å². The average molecular weight is 356 g/mol. The van der Waals surface area contributed by atoms with Crippen molar-refractivity contribution in [1.82, 2.24) is 9.55 Å². The Morgan fingerprint density at radius 3 is 2.62 bits per heavy atom. The lowest BCUT2D eigenvalue weighted by molar-refractivity contribution is 0.0470. The molecule has 2 rings (SSSR count). The van der Waals surface area contributed by atoms with Crippen molar-refractivity contribution in [2.75, 3.05) is 12.3 Å². The number of nitrogens with two attached hydrogens (primary N) is 1. The first-order valence-corrected chi connectivity index (χ1v) is 6.85. The van der Waals surface area contributed by atoms with Crippen LogP contribution in [0.1, 0.15) is 20.7 Å². The van der Waals surface area contributed by atoms with Crippen molar-refractivity contribution in [3.05, 3.63) is 61.0 Å². The molecule has 0 aliphatic carbocycles. The molecule has 0 radical (unpaired) electrons. The normalized spacial score (nSPS) is 10.5. The first-order valence-electron chi connectivity index (χ1n) is 6.47. The molecule has 0 saturated carbocycles. The first-order chi connectivity index (χ1) is 11.2. The minimum atomic E-state index is -1.17. The maximum Gasteiger partial charge on any atom is 0.343 e. The zero-order chi connectivity index (χ0) is 18.0. The van der Waals surface area contributed by atoms with Gasteiger partial charge in [-0.15, -0.1) is 0 Å². The van der Waals surface area contributed by atoms with Gasteiger partial charge in [0.1, 0.15) is 22.8 Å². The number of ketones is 1. The van der Waals surface area contributed by atoms with Crippen LogP contribution >= 0.6 is 11.6 Å². The van der Waals surface area contributed by atoms with E-state index in [9.17, 15) is 23.6 Å². The standard InChI is InChI=1S/C14H11ClFN3O5/c1-19-11(17)10(12(21)18-14(19)23)8(20)5-24-13(22)9-6(15)3-2-4-7(9)16/h2-4H,5,17H2,1H3,(H,18,21,23). The SMILES string of the molecule is Cn1c(N)c(C(=O)COC(=O)c2c(F)cccc2Cl)c(=O)[nH]c1=O. The van der Waals surface area contributed by atoms with Crippen molar-refractivity contribution < 1.29 is 18.7 Å². The number of H-pyrrole nitrogens is 1. The van der Waals surface area contributed by atoms with E-state index in [4.69, 9.17) is 17.3 Å². The summed E-state index contributed by atoms with van der Waals surface area (Å²) in [6.45, 7) is -0.880. The maximum atomic E-state index is 13.6. The number of Topliss-reactive ketones (excluding diaryl/α,β-unsaturated/α-hetero) is 1. The summed E-state index contributed by atoms with van der Waals surface area (Å²) in [6.07, 6.45) is 0. The zero-order valence-electron chi connectivity index (χ0n) is 12.3. The number of benzene rings is 1. The largest absolute Gasteiger partial charge is 0.454 e. The summed E-state index contributed by atoms with van der Waals surface area (Å²) < 4.78 is 19.1. The number of aromatic amines is 1. The van der Waals surface area contributed by atoms with Crippen LogP contribution in [0.25, 0.3) is 0 Å². The van der Waals surface area contributed by atoms with Gasteiger partial charge < -0.3 is 10.5 Å². The van der Waals surface area contributed by atoms with Gasteiger partial charge in [-0.3, -0.25) is 19.1 Å². The predicted octanol–water partition coefficient (Wildman–Crippen LogP) is 0.488. The van der Waals surface area contributed by atoms with Gasteiger partial charge in [-0.2, -0.15) is 0 Å². The molecule has 0 bridgehead atoms. The van der Waals surface area contributed by atoms with Crippen LogP contribution in [0.3, 0.4) is 0 Å². The number of carbonyl (C=O) groups is 2. The molecule has 3 N–H and O–H groups in total. The predicted molar refractivity (Wildman–Crippen MR) is 82.7 cm³/mol. The number of nitrogens with zero attached hydrogens (tertiary/aromatic N) is 1. The number of hydrogen-bond donors (Lipinski definition) is 2. The Bertz CT molecular complexity index is 930. The van der Waals surface area contributed by atoms with Crippen molar-refractivity contribution >= 4 is 29.2 Å². The Morgan fingerprint density at radius 2 is 2.00 bits per heavy atom. The van der Waals surface area contributed by atoms with E-state index in [1.165, 1.54) is 19.2 Å². The van der Waals surface area contributed by atoms with E-state index >= 15 is 0 Å². The number of aromatic nitrogens is 2. The number of nitrogens with one attached hydrogen (secondary N) is 1. The van der Waals surface area contributed by atoms with Crippen molar-refractivity contribution in [2.24, 2.45) is 7.05 Å². The van der Waals surface area contributed by atoms with E-state index in [-0.39, 0.29) is 10.8 Å². The van der Waals surface area contributed by atoms with Gasteiger partial charge in [0.15, 0.2) is 6.61 Å². The van der Waals surface area contributed by atoms with Gasteiger partial charge in [0.25, 0.3) is 5.56 Å². The lowest BCUT2D eigenvalue weighted by Gasteiger charge is -2.09. The summed E-state index contributed by atoms with van der Waals surface area (Å²) in [6, 6.07) is 3.57. The van der Waals surface area contributed by atoms with Gasteiger partial charge in [0.2, 0.25) is 5.78 Å². The third-order valence-corrected chi connectivity index (χ3v) is 3.46. The quantitative estimate of drug-likeness (QED) is 0.607. The van der Waals surface area contributed by atoms with Gasteiger partial charge in [0.05, 0.1) is 5.02 Å². The van der Waals surface area contributed by atoms with Crippen LogP contribution in [-0.4, -0.2) is 27.9 Å². The van der Waals surface area contributed by atoms with E-state index in [0.717, 1.165) is 10.6 Å². The highest BCUT2D eigenvalue weighted by molar-refractivity contribution is 6.33. The highest BCUT2D eigenvalue weighted by Gasteiger charge is 2.22. The number of anilines is 1. The first kappa shape index (κ1) is 17.4. The smallest absolute Gasteiger partial charge is 0.343 e. The summed E-state index contributed by atoms with van der Waals surface area (Å²) in [5.74, 6) is -3.43.